The molecular formula is C13H11ClFN3. The van der Waals surface area contributed by atoms with Gasteiger partial charge in [0.2, 0.25) is 0 Å². The maximum Gasteiger partial charge on any atom is 0.131 e. The minimum absolute atomic E-state index is 0.371. The first kappa shape index (κ1) is 12.6. The van der Waals surface area contributed by atoms with Gasteiger partial charge in [0.25, 0.3) is 0 Å². The van der Waals surface area contributed by atoms with E-state index in [9.17, 15) is 9.65 Å². The van der Waals surface area contributed by atoms with Gasteiger partial charge in [0.05, 0.1) is 6.07 Å². The summed E-state index contributed by atoms with van der Waals surface area (Å²) >= 11 is 6.09. The van der Waals surface area contributed by atoms with Crippen molar-refractivity contribution in [3.05, 3.63) is 52.3 Å². The Morgan fingerprint density at radius 3 is 2.78 bits per heavy atom. The largest absolute Gasteiger partial charge is 0.337 e. The van der Waals surface area contributed by atoms with E-state index >= 15 is 0 Å². The molecule has 0 aliphatic rings. The maximum atomic E-state index is 13.6. The molecule has 1 aromatic carbocycles. The van der Waals surface area contributed by atoms with Crippen LogP contribution in [-0.4, -0.2) is 9.55 Å². The molecule has 0 aliphatic carbocycles. The molecule has 0 radical (unpaired) electrons. The monoisotopic (exact) mass is 263 g/mol. The number of imidazole rings is 1. The molecule has 1 aromatic heterocycles. The van der Waals surface area contributed by atoms with Gasteiger partial charge in [0.15, 0.2) is 0 Å². The van der Waals surface area contributed by atoms with Crippen LogP contribution in [0.3, 0.4) is 0 Å². The number of nitriles is 1. The van der Waals surface area contributed by atoms with Gasteiger partial charge in [0, 0.05) is 24.5 Å². The van der Waals surface area contributed by atoms with Crippen molar-refractivity contribution >= 4 is 11.6 Å². The van der Waals surface area contributed by atoms with Gasteiger partial charge >= 0.3 is 0 Å². The smallest absolute Gasteiger partial charge is 0.131 e. The topological polar surface area (TPSA) is 41.6 Å². The first-order valence-electron chi connectivity index (χ1n) is 5.37. The molecule has 0 bridgehead atoms. The highest BCUT2D eigenvalue weighted by atomic mass is 35.5. The molecule has 5 heteroatoms. The second-order valence-corrected chi connectivity index (χ2v) is 4.49. The molecule has 1 unspecified atom stereocenters. The molecule has 92 valence electrons. The Kier molecular flexibility index (Phi) is 3.35. The predicted molar refractivity (Wildman–Crippen MR) is 66.8 cm³/mol. The summed E-state index contributed by atoms with van der Waals surface area (Å²) in [7, 11) is 1.78. The van der Waals surface area contributed by atoms with Gasteiger partial charge in [0.1, 0.15) is 17.6 Å². The number of aryl methyl sites for hydroxylation is 2. The lowest BCUT2D eigenvalue weighted by Crippen LogP contribution is -2.07. The van der Waals surface area contributed by atoms with Crippen molar-refractivity contribution in [3.63, 3.8) is 0 Å². The van der Waals surface area contributed by atoms with E-state index < -0.39 is 5.92 Å². The fourth-order valence-electron chi connectivity index (χ4n) is 1.80. The lowest BCUT2D eigenvalue weighted by molar-refractivity contribution is 0.615. The van der Waals surface area contributed by atoms with Crippen LogP contribution in [-0.2, 0) is 7.05 Å². The molecule has 0 aliphatic heterocycles. The SMILES string of the molecule is Cc1cc(Cl)c(C(C#N)c2nccn2C)cc1F. The molecule has 0 amide bonds. The van der Waals surface area contributed by atoms with E-state index in [1.165, 1.54) is 12.1 Å². The highest BCUT2D eigenvalue weighted by Gasteiger charge is 2.21. The normalized spacial score (nSPS) is 12.2. The summed E-state index contributed by atoms with van der Waals surface area (Å²) in [6.07, 6.45) is 3.33. The fraction of sp³-hybridized carbons (Fsp3) is 0.231. The zero-order valence-corrected chi connectivity index (χ0v) is 10.7. The van der Waals surface area contributed by atoms with Crippen molar-refractivity contribution in [2.45, 2.75) is 12.8 Å². The minimum Gasteiger partial charge on any atom is -0.337 e. The van der Waals surface area contributed by atoms with E-state index in [4.69, 9.17) is 11.6 Å². The number of benzene rings is 1. The van der Waals surface area contributed by atoms with E-state index in [0.717, 1.165) is 0 Å². The average Bonchev–Trinajstić information content (AvgIpc) is 2.73. The van der Waals surface area contributed by atoms with E-state index in [0.29, 0.717) is 22.0 Å². The summed E-state index contributed by atoms with van der Waals surface area (Å²) in [5, 5.41) is 9.65. The van der Waals surface area contributed by atoms with Crippen LogP contribution in [0.4, 0.5) is 4.39 Å². The summed E-state index contributed by atoms with van der Waals surface area (Å²) in [5.41, 5.74) is 0.900. The number of hydrogen-bond acceptors (Lipinski definition) is 2. The van der Waals surface area contributed by atoms with Gasteiger partial charge in [-0.2, -0.15) is 5.26 Å². The van der Waals surface area contributed by atoms with Crippen molar-refractivity contribution in [1.29, 1.82) is 5.26 Å². The molecule has 0 saturated heterocycles. The van der Waals surface area contributed by atoms with Crippen molar-refractivity contribution in [3.8, 4) is 6.07 Å². The average molecular weight is 264 g/mol. The van der Waals surface area contributed by atoms with Crippen LogP contribution in [0.5, 0.6) is 0 Å². The quantitative estimate of drug-likeness (QED) is 0.835. The third-order valence-corrected chi connectivity index (χ3v) is 3.16. The van der Waals surface area contributed by atoms with E-state index in [-0.39, 0.29) is 5.82 Å². The molecule has 0 saturated carbocycles. The number of rotatable bonds is 2. The highest BCUT2D eigenvalue weighted by molar-refractivity contribution is 6.31. The Balaban J connectivity index is 2.57. The number of nitrogens with zero attached hydrogens (tertiary/aromatic N) is 3. The molecular weight excluding hydrogens is 253 g/mol. The van der Waals surface area contributed by atoms with Gasteiger partial charge in [-0.15, -0.1) is 0 Å². The third kappa shape index (κ3) is 2.09. The number of aromatic nitrogens is 2. The Morgan fingerprint density at radius 1 is 1.50 bits per heavy atom. The molecule has 1 atom stereocenters. The van der Waals surface area contributed by atoms with E-state index in [2.05, 4.69) is 11.1 Å². The molecule has 2 aromatic rings. The van der Waals surface area contributed by atoms with Crippen molar-refractivity contribution in [1.82, 2.24) is 9.55 Å². The van der Waals surface area contributed by atoms with Crippen LogP contribution >= 0.6 is 11.6 Å². The zero-order valence-electron chi connectivity index (χ0n) is 9.98. The number of hydrogen-bond donors (Lipinski definition) is 0. The molecule has 3 nitrogen and oxygen atoms in total. The lowest BCUT2D eigenvalue weighted by Gasteiger charge is -2.12. The molecule has 1 heterocycles. The molecule has 2 rings (SSSR count). The van der Waals surface area contributed by atoms with Crippen LogP contribution in [0, 0.1) is 24.1 Å². The fourth-order valence-corrected chi connectivity index (χ4v) is 2.13. The molecule has 0 fully saturated rings. The summed E-state index contributed by atoms with van der Waals surface area (Å²) in [6.45, 7) is 1.63. The third-order valence-electron chi connectivity index (χ3n) is 2.83. The van der Waals surface area contributed by atoms with Gasteiger partial charge in [-0.25, -0.2) is 9.37 Å². The van der Waals surface area contributed by atoms with Crippen LogP contribution in [0.2, 0.25) is 5.02 Å². The van der Waals surface area contributed by atoms with Crippen molar-refractivity contribution in [2.24, 2.45) is 7.05 Å². The first-order valence-corrected chi connectivity index (χ1v) is 5.74. The van der Waals surface area contributed by atoms with Crippen LogP contribution in [0.15, 0.2) is 24.5 Å². The van der Waals surface area contributed by atoms with Crippen LogP contribution < -0.4 is 0 Å². The Labute approximate surface area is 109 Å². The molecule has 0 spiro atoms. The maximum absolute atomic E-state index is 13.6. The Morgan fingerprint density at radius 2 is 2.22 bits per heavy atom. The predicted octanol–water partition coefficient (Wildman–Crippen LogP) is 3.18. The zero-order chi connectivity index (χ0) is 13.3. The lowest BCUT2D eigenvalue weighted by atomic mass is 9.98. The molecule has 18 heavy (non-hydrogen) atoms. The summed E-state index contributed by atoms with van der Waals surface area (Å²) < 4.78 is 15.3. The summed E-state index contributed by atoms with van der Waals surface area (Å²) in [5.74, 6) is -0.501. The first-order chi connectivity index (χ1) is 8.54. The van der Waals surface area contributed by atoms with Gasteiger partial charge in [-0.1, -0.05) is 11.6 Å². The second-order valence-electron chi connectivity index (χ2n) is 4.08. The van der Waals surface area contributed by atoms with Crippen molar-refractivity contribution in [2.75, 3.05) is 0 Å². The van der Waals surface area contributed by atoms with Crippen LogP contribution in [0.1, 0.15) is 22.9 Å². The summed E-state index contributed by atoms with van der Waals surface area (Å²) in [4.78, 5) is 4.12. The molecule has 0 N–H and O–H groups in total. The Hall–Kier alpha value is -1.86. The van der Waals surface area contributed by atoms with Gasteiger partial charge < -0.3 is 4.57 Å². The Bertz CT molecular complexity index is 628. The number of halogens is 2. The second kappa shape index (κ2) is 4.79. The van der Waals surface area contributed by atoms with E-state index in [1.807, 2.05) is 0 Å². The summed E-state index contributed by atoms with van der Waals surface area (Å²) in [6, 6.07) is 4.95. The van der Waals surface area contributed by atoms with Crippen LogP contribution in [0.25, 0.3) is 0 Å². The van der Waals surface area contributed by atoms with Crippen molar-refractivity contribution < 1.29 is 4.39 Å². The van der Waals surface area contributed by atoms with E-state index in [1.54, 1.807) is 30.9 Å². The van der Waals surface area contributed by atoms with Gasteiger partial charge in [-0.05, 0) is 30.2 Å². The highest BCUT2D eigenvalue weighted by Crippen LogP contribution is 2.30. The standard InChI is InChI=1S/C13H11ClFN3/c1-8-5-11(14)9(6-12(8)15)10(7-16)13-17-3-4-18(13)2/h3-6,10H,1-2H3. The van der Waals surface area contributed by atoms with Gasteiger partial charge in [-0.3, -0.25) is 0 Å². The minimum atomic E-state index is -0.674.